The molecule has 3 heteroatoms. The number of hydrogen-bond donors (Lipinski definition) is 1. The molecule has 0 saturated heterocycles. The van der Waals surface area contributed by atoms with Gasteiger partial charge in [0.1, 0.15) is 12.4 Å². The van der Waals surface area contributed by atoms with Crippen molar-refractivity contribution in [2.24, 2.45) is 5.92 Å². The van der Waals surface area contributed by atoms with Gasteiger partial charge in [0.05, 0.1) is 12.4 Å². The van der Waals surface area contributed by atoms with E-state index in [9.17, 15) is 0 Å². The minimum Gasteiger partial charge on any atom is -0.467 e. The number of rotatable bonds is 6. The van der Waals surface area contributed by atoms with Gasteiger partial charge in [-0.05, 0) is 45.6 Å². The molecule has 2 rings (SSSR count). The van der Waals surface area contributed by atoms with Crippen molar-refractivity contribution in [3.63, 3.8) is 0 Å². The Labute approximate surface area is 129 Å². The van der Waals surface area contributed by atoms with Gasteiger partial charge in [0.2, 0.25) is 0 Å². The van der Waals surface area contributed by atoms with Gasteiger partial charge in [-0.25, -0.2) is 0 Å². The van der Waals surface area contributed by atoms with Crippen LogP contribution >= 0.6 is 0 Å². The molecule has 3 nitrogen and oxygen atoms in total. The van der Waals surface area contributed by atoms with Gasteiger partial charge in [0.25, 0.3) is 0 Å². The summed E-state index contributed by atoms with van der Waals surface area (Å²) in [5, 5.41) is 3.47. The summed E-state index contributed by atoms with van der Waals surface area (Å²) in [5.74, 6) is 1.80. The first-order valence-electron chi connectivity index (χ1n) is 8.39. The molecule has 0 aliphatic heterocycles. The molecular weight excluding hydrogens is 262 g/mol. The van der Waals surface area contributed by atoms with Gasteiger partial charge in [-0.15, -0.1) is 0 Å². The molecule has 0 bridgehead atoms. The number of nitrogens with one attached hydrogen (secondary N) is 1. The fourth-order valence-electron chi connectivity index (χ4n) is 2.93. The summed E-state index contributed by atoms with van der Waals surface area (Å²) in [7, 11) is 0. The molecule has 2 unspecified atom stereocenters. The number of furan rings is 1. The first kappa shape index (κ1) is 16.6. The monoisotopic (exact) mass is 293 g/mol. The molecule has 1 saturated carbocycles. The molecule has 1 N–H and O–H groups in total. The van der Waals surface area contributed by atoms with Crippen molar-refractivity contribution in [1.82, 2.24) is 5.32 Å². The summed E-state index contributed by atoms with van der Waals surface area (Å²) in [5.41, 5.74) is 1.32. The van der Waals surface area contributed by atoms with E-state index >= 15 is 0 Å². The maximum atomic E-state index is 6.05. The summed E-state index contributed by atoms with van der Waals surface area (Å²) in [6.45, 7) is 10.2. The summed E-state index contributed by atoms with van der Waals surface area (Å²) >= 11 is 0. The minimum atomic E-state index is 0.130. The lowest BCUT2D eigenvalue weighted by molar-refractivity contribution is -0.00533. The summed E-state index contributed by atoms with van der Waals surface area (Å²) in [4.78, 5) is 0. The Balaban J connectivity index is 1.75. The van der Waals surface area contributed by atoms with Crippen molar-refractivity contribution < 1.29 is 9.15 Å². The van der Waals surface area contributed by atoms with E-state index in [0.29, 0.717) is 12.7 Å². The Morgan fingerprint density at radius 2 is 2.14 bits per heavy atom. The quantitative estimate of drug-likeness (QED) is 0.828. The molecule has 1 fully saturated rings. The standard InChI is InChI=1S/C18H31NO2/c1-5-14-7-6-8-16(9-14)21-13-17-10-15(12-20-17)11-19-18(2,3)4/h10,12,14,16,19H,5-9,11,13H2,1-4H3. The molecule has 1 heterocycles. The molecule has 0 radical (unpaired) electrons. The van der Waals surface area contributed by atoms with Crippen LogP contribution in [0.4, 0.5) is 0 Å². The maximum Gasteiger partial charge on any atom is 0.129 e. The average molecular weight is 293 g/mol. The van der Waals surface area contributed by atoms with E-state index in [-0.39, 0.29) is 5.54 Å². The van der Waals surface area contributed by atoms with Crippen LogP contribution in [-0.4, -0.2) is 11.6 Å². The fourth-order valence-corrected chi connectivity index (χ4v) is 2.93. The zero-order valence-corrected chi connectivity index (χ0v) is 14.1. The van der Waals surface area contributed by atoms with Gasteiger partial charge < -0.3 is 14.5 Å². The average Bonchev–Trinajstić information content (AvgIpc) is 2.90. The van der Waals surface area contributed by atoms with E-state index in [4.69, 9.17) is 9.15 Å². The molecule has 0 amide bonds. The van der Waals surface area contributed by atoms with Crippen LogP contribution in [0.3, 0.4) is 0 Å². The predicted octanol–water partition coefficient (Wildman–Crippen LogP) is 4.65. The van der Waals surface area contributed by atoms with Crippen LogP contribution < -0.4 is 5.32 Å². The molecule has 0 spiro atoms. The molecule has 1 aromatic rings. The van der Waals surface area contributed by atoms with Gasteiger partial charge >= 0.3 is 0 Å². The third kappa shape index (κ3) is 5.84. The van der Waals surface area contributed by atoms with Crippen molar-refractivity contribution in [1.29, 1.82) is 0 Å². The van der Waals surface area contributed by atoms with Crippen molar-refractivity contribution in [2.45, 2.75) is 84.6 Å². The Morgan fingerprint density at radius 3 is 2.86 bits per heavy atom. The summed E-state index contributed by atoms with van der Waals surface area (Å²) in [6.07, 6.45) is 8.65. The summed E-state index contributed by atoms with van der Waals surface area (Å²) in [6, 6.07) is 2.11. The van der Waals surface area contributed by atoms with Crippen LogP contribution in [0, 0.1) is 5.92 Å². The lowest BCUT2D eigenvalue weighted by Gasteiger charge is -2.28. The van der Waals surface area contributed by atoms with E-state index in [1.165, 1.54) is 37.7 Å². The van der Waals surface area contributed by atoms with E-state index in [1.807, 2.05) is 6.26 Å². The maximum absolute atomic E-state index is 6.05. The smallest absolute Gasteiger partial charge is 0.129 e. The van der Waals surface area contributed by atoms with Gasteiger partial charge in [-0.2, -0.15) is 0 Å². The Kier molecular flexibility index (Phi) is 5.88. The first-order chi connectivity index (χ1) is 9.96. The molecule has 0 aromatic carbocycles. The second kappa shape index (κ2) is 7.46. The topological polar surface area (TPSA) is 34.4 Å². The van der Waals surface area contributed by atoms with Crippen LogP contribution in [-0.2, 0) is 17.9 Å². The van der Waals surface area contributed by atoms with E-state index in [0.717, 1.165) is 18.2 Å². The van der Waals surface area contributed by atoms with Crippen LogP contribution in [0.1, 0.15) is 71.1 Å². The Bertz CT molecular complexity index is 419. The van der Waals surface area contributed by atoms with Gasteiger partial charge in [-0.3, -0.25) is 0 Å². The Hall–Kier alpha value is -0.800. The molecule has 1 aliphatic rings. The molecule has 1 aliphatic carbocycles. The molecule has 2 atom stereocenters. The van der Waals surface area contributed by atoms with Crippen LogP contribution in [0.5, 0.6) is 0 Å². The third-order valence-electron chi connectivity index (χ3n) is 4.30. The molecule has 120 valence electrons. The van der Waals surface area contributed by atoms with Crippen molar-refractivity contribution in [3.8, 4) is 0 Å². The van der Waals surface area contributed by atoms with Gasteiger partial charge in [0, 0.05) is 17.6 Å². The first-order valence-corrected chi connectivity index (χ1v) is 8.39. The predicted molar refractivity (Wildman–Crippen MR) is 86.1 cm³/mol. The van der Waals surface area contributed by atoms with Crippen LogP contribution in [0.2, 0.25) is 0 Å². The zero-order chi connectivity index (χ0) is 15.3. The second-order valence-electron chi connectivity index (χ2n) is 7.40. The summed E-state index contributed by atoms with van der Waals surface area (Å²) < 4.78 is 11.7. The molecular formula is C18H31NO2. The van der Waals surface area contributed by atoms with Gasteiger partial charge in [0.15, 0.2) is 0 Å². The lowest BCUT2D eigenvalue weighted by atomic mass is 9.85. The molecule has 21 heavy (non-hydrogen) atoms. The van der Waals surface area contributed by atoms with Crippen molar-refractivity contribution in [3.05, 3.63) is 23.7 Å². The minimum absolute atomic E-state index is 0.130. The Morgan fingerprint density at radius 1 is 1.33 bits per heavy atom. The highest BCUT2D eigenvalue weighted by Crippen LogP contribution is 2.29. The molecule has 1 aromatic heterocycles. The lowest BCUT2D eigenvalue weighted by Crippen LogP contribution is -2.34. The highest BCUT2D eigenvalue weighted by molar-refractivity contribution is 5.12. The second-order valence-corrected chi connectivity index (χ2v) is 7.40. The van der Waals surface area contributed by atoms with Crippen LogP contribution in [0.25, 0.3) is 0 Å². The van der Waals surface area contributed by atoms with E-state index in [1.54, 1.807) is 0 Å². The van der Waals surface area contributed by atoms with E-state index in [2.05, 4.69) is 39.1 Å². The number of hydrogen-bond acceptors (Lipinski definition) is 3. The normalized spacial score (nSPS) is 23.4. The highest BCUT2D eigenvalue weighted by Gasteiger charge is 2.21. The van der Waals surface area contributed by atoms with Gasteiger partial charge in [-0.1, -0.05) is 26.2 Å². The number of ether oxygens (including phenoxy) is 1. The zero-order valence-electron chi connectivity index (χ0n) is 14.1. The third-order valence-corrected chi connectivity index (χ3v) is 4.30. The largest absolute Gasteiger partial charge is 0.467 e. The van der Waals surface area contributed by atoms with Crippen LogP contribution in [0.15, 0.2) is 16.7 Å². The SMILES string of the molecule is CCC1CCCC(OCc2cc(CNC(C)(C)C)co2)C1. The fraction of sp³-hybridized carbons (Fsp3) is 0.778. The van der Waals surface area contributed by atoms with E-state index < -0.39 is 0 Å². The highest BCUT2D eigenvalue weighted by atomic mass is 16.5. The van der Waals surface area contributed by atoms with Crippen molar-refractivity contribution in [2.75, 3.05) is 0 Å². The van der Waals surface area contributed by atoms with Crippen molar-refractivity contribution >= 4 is 0 Å².